The van der Waals surface area contributed by atoms with Gasteiger partial charge in [0, 0.05) is 6.42 Å². The molecule has 0 unspecified atom stereocenters. The molecule has 2 aromatic carbocycles. The Hall–Kier alpha value is -2.44. The highest BCUT2D eigenvalue weighted by molar-refractivity contribution is 6.34. The Balaban J connectivity index is 2.45. The zero-order valence-corrected chi connectivity index (χ0v) is 12.9. The summed E-state index contributed by atoms with van der Waals surface area (Å²) in [5.41, 5.74) is 0.0694. The van der Waals surface area contributed by atoms with E-state index >= 15 is 0 Å². The molecule has 0 amide bonds. The largest absolute Gasteiger partial charge is 0.505 e. The highest BCUT2D eigenvalue weighted by atomic mass is 35.5. The Morgan fingerprint density at radius 3 is 1.43 bits per heavy atom. The van der Waals surface area contributed by atoms with Crippen molar-refractivity contribution in [3.8, 4) is 11.5 Å². The van der Waals surface area contributed by atoms with Crippen LogP contribution in [0, 0.1) is 0 Å². The quantitative estimate of drug-likeness (QED) is 0.667. The molecule has 120 valence electrons. The Bertz CT molecular complexity index is 749. The molecule has 23 heavy (non-hydrogen) atoms. The van der Waals surface area contributed by atoms with Crippen LogP contribution in [0.3, 0.4) is 0 Å². The van der Waals surface area contributed by atoms with Crippen molar-refractivity contribution in [2.24, 2.45) is 0 Å². The van der Waals surface area contributed by atoms with Crippen LogP contribution in [-0.4, -0.2) is 32.4 Å². The van der Waals surface area contributed by atoms with Crippen LogP contribution in [0.25, 0.3) is 0 Å². The number of rotatable bonds is 4. The summed E-state index contributed by atoms with van der Waals surface area (Å²) < 4.78 is 0. The number of benzene rings is 2. The van der Waals surface area contributed by atoms with Crippen LogP contribution < -0.4 is 0 Å². The molecule has 0 aliphatic heterocycles. The second-order valence-corrected chi connectivity index (χ2v) is 5.41. The molecular formula is C15H10Cl2O6. The van der Waals surface area contributed by atoms with Gasteiger partial charge in [-0.25, -0.2) is 9.59 Å². The van der Waals surface area contributed by atoms with E-state index in [-0.39, 0.29) is 27.6 Å². The van der Waals surface area contributed by atoms with Gasteiger partial charge in [-0.1, -0.05) is 35.3 Å². The van der Waals surface area contributed by atoms with Crippen molar-refractivity contribution in [3.05, 3.63) is 56.6 Å². The first-order valence-corrected chi connectivity index (χ1v) is 6.97. The van der Waals surface area contributed by atoms with Crippen LogP contribution in [0.1, 0.15) is 31.8 Å². The number of carboxylic acid groups (broad SMARTS) is 2. The van der Waals surface area contributed by atoms with Crippen LogP contribution in [0.15, 0.2) is 24.3 Å². The van der Waals surface area contributed by atoms with Crippen molar-refractivity contribution in [1.82, 2.24) is 0 Å². The summed E-state index contributed by atoms with van der Waals surface area (Å²) in [6, 6.07) is 5.20. The lowest BCUT2D eigenvalue weighted by Gasteiger charge is -2.11. The zero-order chi connectivity index (χ0) is 17.3. The summed E-state index contributed by atoms with van der Waals surface area (Å²) in [6.45, 7) is 0. The number of aromatic hydroxyl groups is 2. The lowest BCUT2D eigenvalue weighted by atomic mass is 10.0. The molecule has 0 bridgehead atoms. The van der Waals surface area contributed by atoms with E-state index in [1.807, 2.05) is 0 Å². The number of hydrogen-bond donors (Lipinski definition) is 4. The summed E-state index contributed by atoms with van der Waals surface area (Å²) in [7, 11) is 0. The van der Waals surface area contributed by atoms with Gasteiger partial charge in [0.25, 0.3) is 0 Å². The monoisotopic (exact) mass is 356 g/mol. The lowest BCUT2D eigenvalue weighted by Crippen LogP contribution is -2.01. The van der Waals surface area contributed by atoms with Crippen LogP contribution >= 0.6 is 23.2 Å². The SMILES string of the molecule is O=C(O)c1ccc(Cc2ccc(C(=O)O)c(O)c2Cl)c(Cl)c1O. The van der Waals surface area contributed by atoms with Crippen LogP contribution in [0.5, 0.6) is 11.5 Å². The first-order chi connectivity index (χ1) is 10.7. The second kappa shape index (κ2) is 6.36. The summed E-state index contributed by atoms with van der Waals surface area (Å²) in [5, 5.41) is 37.1. The Morgan fingerprint density at radius 2 is 1.13 bits per heavy atom. The molecule has 0 saturated carbocycles. The van der Waals surface area contributed by atoms with Crippen molar-refractivity contribution in [2.45, 2.75) is 6.42 Å². The number of carboxylic acids is 2. The number of halogens is 2. The number of aromatic carboxylic acids is 2. The second-order valence-electron chi connectivity index (χ2n) is 4.66. The maximum Gasteiger partial charge on any atom is 0.339 e. The highest BCUT2D eigenvalue weighted by Crippen LogP contribution is 2.36. The van der Waals surface area contributed by atoms with Gasteiger partial charge in [-0.3, -0.25) is 0 Å². The van der Waals surface area contributed by atoms with Crippen molar-refractivity contribution in [3.63, 3.8) is 0 Å². The van der Waals surface area contributed by atoms with E-state index in [0.717, 1.165) is 0 Å². The molecule has 0 spiro atoms. The predicted molar refractivity (Wildman–Crippen MR) is 83.0 cm³/mol. The van der Waals surface area contributed by atoms with E-state index in [1.165, 1.54) is 24.3 Å². The highest BCUT2D eigenvalue weighted by Gasteiger charge is 2.19. The maximum atomic E-state index is 10.9. The normalized spacial score (nSPS) is 10.5. The maximum absolute atomic E-state index is 10.9. The topological polar surface area (TPSA) is 115 Å². The molecule has 0 atom stereocenters. The third-order valence-electron chi connectivity index (χ3n) is 3.23. The molecule has 0 fully saturated rings. The van der Waals surface area contributed by atoms with E-state index in [4.69, 9.17) is 33.4 Å². The van der Waals surface area contributed by atoms with Crippen LogP contribution in [0.4, 0.5) is 0 Å². The van der Waals surface area contributed by atoms with Gasteiger partial charge in [0.2, 0.25) is 0 Å². The average molecular weight is 357 g/mol. The van der Waals surface area contributed by atoms with Gasteiger partial charge in [0.05, 0.1) is 10.0 Å². The van der Waals surface area contributed by atoms with Gasteiger partial charge in [0.15, 0.2) is 0 Å². The van der Waals surface area contributed by atoms with Gasteiger partial charge in [-0.2, -0.15) is 0 Å². The Morgan fingerprint density at radius 1 is 0.783 bits per heavy atom. The molecule has 2 rings (SSSR count). The van der Waals surface area contributed by atoms with E-state index in [2.05, 4.69) is 0 Å². The molecule has 0 radical (unpaired) electrons. The fourth-order valence-electron chi connectivity index (χ4n) is 2.04. The fourth-order valence-corrected chi connectivity index (χ4v) is 2.50. The Kier molecular flexibility index (Phi) is 4.68. The van der Waals surface area contributed by atoms with Gasteiger partial charge in [-0.05, 0) is 23.3 Å². The van der Waals surface area contributed by atoms with Gasteiger partial charge < -0.3 is 20.4 Å². The van der Waals surface area contributed by atoms with Crippen molar-refractivity contribution in [2.75, 3.05) is 0 Å². The van der Waals surface area contributed by atoms with Crippen molar-refractivity contribution < 1.29 is 30.0 Å². The van der Waals surface area contributed by atoms with E-state index in [9.17, 15) is 19.8 Å². The lowest BCUT2D eigenvalue weighted by molar-refractivity contribution is 0.0682. The van der Waals surface area contributed by atoms with Crippen molar-refractivity contribution >= 4 is 35.1 Å². The molecular weight excluding hydrogens is 347 g/mol. The van der Waals surface area contributed by atoms with Crippen LogP contribution in [0.2, 0.25) is 10.0 Å². The summed E-state index contributed by atoms with van der Waals surface area (Å²) >= 11 is 11.9. The summed E-state index contributed by atoms with van der Waals surface area (Å²) in [6.07, 6.45) is 0.0680. The standard InChI is InChI=1S/C15H10Cl2O6/c16-10-6(1-3-8(12(10)18)14(20)21)5-7-2-4-9(15(22)23)13(19)11(7)17/h1-4,18-19H,5H2,(H,20,21)(H,22,23). The molecule has 0 aliphatic carbocycles. The van der Waals surface area contributed by atoms with Gasteiger partial charge in [0.1, 0.15) is 22.6 Å². The first kappa shape index (κ1) is 16.9. The zero-order valence-electron chi connectivity index (χ0n) is 11.4. The van der Waals surface area contributed by atoms with Crippen molar-refractivity contribution in [1.29, 1.82) is 0 Å². The van der Waals surface area contributed by atoms with Gasteiger partial charge >= 0.3 is 11.9 Å². The Labute approximate surface area is 140 Å². The van der Waals surface area contributed by atoms with E-state index in [0.29, 0.717) is 11.1 Å². The third-order valence-corrected chi connectivity index (χ3v) is 4.08. The molecule has 6 nitrogen and oxygen atoms in total. The summed E-state index contributed by atoms with van der Waals surface area (Å²) in [4.78, 5) is 21.8. The fraction of sp³-hybridized carbons (Fsp3) is 0.0667. The molecule has 0 aliphatic rings. The minimum Gasteiger partial charge on any atom is -0.505 e. The third kappa shape index (κ3) is 3.18. The number of hydrogen-bond acceptors (Lipinski definition) is 4. The molecule has 0 saturated heterocycles. The minimum absolute atomic E-state index is 0.0680. The minimum atomic E-state index is -1.32. The number of carbonyl (C=O) groups is 2. The van der Waals surface area contributed by atoms with Gasteiger partial charge in [-0.15, -0.1) is 0 Å². The molecule has 8 heteroatoms. The summed E-state index contributed by atoms with van der Waals surface area (Å²) in [5.74, 6) is -3.78. The molecule has 4 N–H and O–H groups in total. The predicted octanol–water partition coefficient (Wildman–Crippen LogP) is 3.39. The smallest absolute Gasteiger partial charge is 0.339 e. The van der Waals surface area contributed by atoms with Crippen LogP contribution in [-0.2, 0) is 6.42 Å². The van der Waals surface area contributed by atoms with E-state index in [1.54, 1.807) is 0 Å². The molecule has 0 heterocycles. The molecule has 2 aromatic rings. The number of phenols is 2. The average Bonchev–Trinajstić information content (AvgIpc) is 2.48. The van der Waals surface area contributed by atoms with E-state index < -0.39 is 23.4 Å². The molecule has 0 aromatic heterocycles. The first-order valence-electron chi connectivity index (χ1n) is 6.21.